The van der Waals surface area contributed by atoms with Crippen LogP contribution in [0.25, 0.3) is 0 Å². The quantitative estimate of drug-likeness (QED) is 0.337. The van der Waals surface area contributed by atoms with Gasteiger partial charge in [-0.3, -0.25) is 4.79 Å². The van der Waals surface area contributed by atoms with Crippen molar-refractivity contribution < 1.29 is 18.7 Å². The van der Waals surface area contributed by atoms with Gasteiger partial charge in [0.1, 0.15) is 12.4 Å². The molecule has 0 unspecified atom stereocenters. The topological polar surface area (TPSA) is 61.5 Å². The van der Waals surface area contributed by atoms with Crippen molar-refractivity contribution in [3.05, 3.63) is 55.2 Å². The molecule has 8 heteroatoms. The summed E-state index contributed by atoms with van der Waals surface area (Å²) in [5, 5.41) is 0.407. The van der Waals surface area contributed by atoms with Gasteiger partial charge in [0.2, 0.25) is 0 Å². The summed E-state index contributed by atoms with van der Waals surface area (Å²) in [5.41, 5.74) is 7.27. The highest BCUT2D eigenvalue weighted by Crippen LogP contribution is 2.38. The Morgan fingerprint density at radius 3 is 2.72 bits per heavy atom. The third-order valence-corrected chi connectivity index (χ3v) is 5.26. The summed E-state index contributed by atoms with van der Waals surface area (Å²) in [7, 11) is 1.29. The molecule has 0 aliphatic carbocycles. The van der Waals surface area contributed by atoms with Gasteiger partial charge < -0.3 is 15.2 Å². The second-order valence-corrected chi connectivity index (χ2v) is 7.19. The van der Waals surface area contributed by atoms with Crippen molar-refractivity contribution >= 4 is 55.1 Å². The Bertz CT molecular complexity index is 802. The number of nitrogens with two attached hydrogens (primary N) is 1. The molecule has 0 fully saturated rings. The zero-order valence-corrected chi connectivity index (χ0v) is 17.2. The molecule has 2 rings (SSSR count). The molecule has 0 atom stereocenters. The molecule has 25 heavy (non-hydrogen) atoms. The Kier molecular flexibility index (Phi) is 7.10. The van der Waals surface area contributed by atoms with Crippen LogP contribution in [-0.2, 0) is 22.6 Å². The fraction of sp³-hybridized carbons (Fsp3) is 0.235. The van der Waals surface area contributed by atoms with Crippen LogP contribution in [0.15, 0.2) is 33.2 Å². The zero-order valence-electron chi connectivity index (χ0n) is 13.2. The molecule has 0 aromatic heterocycles. The lowest BCUT2D eigenvalue weighted by Gasteiger charge is -2.14. The molecule has 134 valence electrons. The van der Waals surface area contributed by atoms with E-state index in [0.717, 1.165) is 0 Å². The van der Waals surface area contributed by atoms with Crippen LogP contribution in [0, 0.1) is 5.82 Å². The first-order valence-corrected chi connectivity index (χ1v) is 9.20. The van der Waals surface area contributed by atoms with Crippen LogP contribution < -0.4 is 10.5 Å². The molecule has 0 spiro atoms. The Morgan fingerprint density at radius 1 is 1.32 bits per heavy atom. The van der Waals surface area contributed by atoms with Crippen LogP contribution in [0.2, 0.25) is 5.02 Å². The Labute approximate surface area is 166 Å². The van der Waals surface area contributed by atoms with Crippen LogP contribution >= 0.6 is 43.5 Å². The van der Waals surface area contributed by atoms with E-state index in [-0.39, 0.29) is 23.9 Å². The summed E-state index contributed by atoms with van der Waals surface area (Å²) in [6.07, 6.45) is 0.308. The monoisotopic (exact) mass is 493 g/mol. The fourth-order valence-corrected chi connectivity index (χ4v) is 3.76. The Hall–Kier alpha value is -1.31. The van der Waals surface area contributed by atoms with Crippen molar-refractivity contribution in [2.24, 2.45) is 0 Å². The summed E-state index contributed by atoms with van der Waals surface area (Å²) in [6, 6.07) is 6.81. The Morgan fingerprint density at radius 2 is 2.04 bits per heavy atom. The summed E-state index contributed by atoms with van der Waals surface area (Å²) in [5.74, 6) is -0.582. The fourth-order valence-electron chi connectivity index (χ4n) is 2.14. The van der Waals surface area contributed by atoms with Gasteiger partial charge in [-0.15, -0.1) is 0 Å². The average molecular weight is 496 g/mol. The van der Waals surface area contributed by atoms with Crippen LogP contribution in [0.1, 0.15) is 17.5 Å². The highest BCUT2D eigenvalue weighted by atomic mass is 79.9. The van der Waals surface area contributed by atoms with E-state index in [1.165, 1.54) is 7.11 Å². The average Bonchev–Trinajstić information content (AvgIpc) is 2.59. The maximum atomic E-state index is 14.5. The number of methoxy groups -OCH3 is 1. The van der Waals surface area contributed by atoms with E-state index in [1.807, 2.05) is 0 Å². The minimum absolute atomic E-state index is 0.0887. The van der Waals surface area contributed by atoms with Gasteiger partial charge in [0.15, 0.2) is 5.75 Å². The minimum Gasteiger partial charge on any atom is -0.486 e. The van der Waals surface area contributed by atoms with E-state index in [2.05, 4.69) is 36.6 Å². The lowest BCUT2D eigenvalue weighted by molar-refractivity contribution is -0.140. The van der Waals surface area contributed by atoms with Crippen molar-refractivity contribution in [2.75, 3.05) is 12.8 Å². The summed E-state index contributed by atoms with van der Waals surface area (Å²) in [6.45, 7) is 0.127. The van der Waals surface area contributed by atoms with Gasteiger partial charge in [0, 0.05) is 12.0 Å². The standard InChI is InChI=1S/C17H15Br2ClFNO3/c1-24-13(23)6-5-9-7-11(18)17(14(19)16(9)21)25-8-10-3-2-4-12(22)15(10)20/h2-4,7H,5-6,8,22H2,1H3. The number of aryl methyl sites for hydroxylation is 1. The predicted octanol–water partition coefficient (Wildman–Crippen LogP) is 5.27. The molecule has 0 saturated heterocycles. The van der Waals surface area contributed by atoms with Crippen molar-refractivity contribution in [3.63, 3.8) is 0 Å². The normalized spacial score (nSPS) is 10.6. The van der Waals surface area contributed by atoms with Gasteiger partial charge in [-0.05, 0) is 56.0 Å². The number of carbonyl (C=O) groups excluding carboxylic acids is 1. The van der Waals surface area contributed by atoms with Crippen LogP contribution in [0.5, 0.6) is 5.75 Å². The van der Waals surface area contributed by atoms with Crippen molar-refractivity contribution in [1.29, 1.82) is 0 Å². The number of nitrogen functional groups attached to an aromatic ring is 1. The van der Waals surface area contributed by atoms with E-state index in [0.29, 0.717) is 32.1 Å². The van der Waals surface area contributed by atoms with Crippen molar-refractivity contribution in [2.45, 2.75) is 19.4 Å². The SMILES string of the molecule is COC(=O)CCc1cc(Br)c(OCc2cccc(N)c2Cl)c(Br)c1F. The molecule has 0 bridgehead atoms. The third kappa shape index (κ3) is 4.86. The number of hydrogen-bond acceptors (Lipinski definition) is 4. The lowest BCUT2D eigenvalue weighted by atomic mass is 10.1. The van der Waals surface area contributed by atoms with Crippen LogP contribution in [0.3, 0.4) is 0 Å². The Balaban J connectivity index is 2.20. The van der Waals surface area contributed by atoms with E-state index < -0.39 is 11.8 Å². The smallest absolute Gasteiger partial charge is 0.305 e. The highest BCUT2D eigenvalue weighted by Gasteiger charge is 2.18. The zero-order chi connectivity index (χ0) is 18.6. The molecule has 2 aromatic carbocycles. The van der Waals surface area contributed by atoms with Gasteiger partial charge in [-0.1, -0.05) is 23.7 Å². The number of ether oxygens (including phenoxy) is 2. The maximum absolute atomic E-state index is 14.5. The maximum Gasteiger partial charge on any atom is 0.305 e. The predicted molar refractivity (Wildman–Crippen MR) is 102 cm³/mol. The van der Waals surface area contributed by atoms with E-state index in [1.54, 1.807) is 24.3 Å². The van der Waals surface area contributed by atoms with E-state index in [4.69, 9.17) is 22.1 Å². The number of esters is 1. The second-order valence-electron chi connectivity index (χ2n) is 5.16. The van der Waals surface area contributed by atoms with Crippen LogP contribution in [-0.4, -0.2) is 13.1 Å². The molecule has 0 aliphatic heterocycles. The van der Waals surface area contributed by atoms with Gasteiger partial charge in [-0.2, -0.15) is 0 Å². The molecule has 0 saturated carbocycles. The number of halogens is 4. The first-order chi connectivity index (χ1) is 11.8. The number of anilines is 1. The third-order valence-electron chi connectivity index (χ3n) is 3.50. The number of hydrogen-bond donors (Lipinski definition) is 1. The second kappa shape index (κ2) is 8.87. The van der Waals surface area contributed by atoms with E-state index in [9.17, 15) is 9.18 Å². The number of carbonyl (C=O) groups is 1. The first kappa shape index (κ1) is 20.0. The molecule has 4 nitrogen and oxygen atoms in total. The molecule has 2 aromatic rings. The largest absolute Gasteiger partial charge is 0.486 e. The summed E-state index contributed by atoms with van der Waals surface area (Å²) in [4.78, 5) is 11.2. The molecule has 0 radical (unpaired) electrons. The number of benzene rings is 2. The molecule has 0 heterocycles. The molecular weight excluding hydrogens is 480 g/mol. The van der Waals surface area contributed by atoms with Crippen molar-refractivity contribution in [3.8, 4) is 5.75 Å². The summed E-state index contributed by atoms with van der Waals surface area (Å²) < 4.78 is 25.5. The van der Waals surface area contributed by atoms with Crippen LogP contribution in [0.4, 0.5) is 10.1 Å². The number of rotatable bonds is 6. The molecular formula is C17H15Br2ClFNO3. The minimum atomic E-state index is -0.485. The van der Waals surface area contributed by atoms with Gasteiger partial charge in [0.25, 0.3) is 0 Å². The van der Waals surface area contributed by atoms with Gasteiger partial charge >= 0.3 is 5.97 Å². The highest BCUT2D eigenvalue weighted by molar-refractivity contribution is 9.11. The first-order valence-electron chi connectivity index (χ1n) is 7.24. The lowest BCUT2D eigenvalue weighted by Crippen LogP contribution is -2.05. The van der Waals surface area contributed by atoms with Crippen molar-refractivity contribution in [1.82, 2.24) is 0 Å². The van der Waals surface area contributed by atoms with Gasteiger partial charge in [-0.25, -0.2) is 4.39 Å². The molecule has 2 N–H and O–H groups in total. The molecule has 0 amide bonds. The molecule has 0 aliphatic rings. The van der Waals surface area contributed by atoms with E-state index >= 15 is 0 Å². The van der Waals surface area contributed by atoms with Gasteiger partial charge in [0.05, 0.1) is 26.8 Å². The summed E-state index contributed by atoms with van der Waals surface area (Å²) >= 11 is 12.7.